The second kappa shape index (κ2) is 5.63. The van der Waals surface area contributed by atoms with E-state index in [0.29, 0.717) is 16.8 Å². The van der Waals surface area contributed by atoms with Gasteiger partial charge in [0.05, 0.1) is 17.3 Å². The molecule has 0 fully saturated rings. The lowest BCUT2D eigenvalue weighted by atomic mass is 10.2. The van der Waals surface area contributed by atoms with Gasteiger partial charge < -0.3 is 9.84 Å². The highest BCUT2D eigenvalue weighted by molar-refractivity contribution is 9.10. The SMILES string of the molecule is CCOc1cc(/C=N\n2cnnc2)cc(Br)c1O. The average molecular weight is 311 g/mol. The lowest BCUT2D eigenvalue weighted by Crippen LogP contribution is -1.94. The normalized spacial score (nSPS) is 11.0. The van der Waals surface area contributed by atoms with Crippen LogP contribution in [0.5, 0.6) is 11.5 Å². The Hall–Kier alpha value is -1.89. The first-order valence-electron chi connectivity index (χ1n) is 5.25. The van der Waals surface area contributed by atoms with Crippen LogP contribution in [-0.2, 0) is 0 Å². The minimum absolute atomic E-state index is 0.0818. The Balaban J connectivity index is 2.28. The number of phenolic OH excluding ortho intramolecular Hbond substituents is 1. The second-order valence-corrected chi connectivity index (χ2v) is 4.22. The maximum atomic E-state index is 9.76. The molecule has 1 N–H and O–H groups in total. The predicted molar refractivity (Wildman–Crippen MR) is 70.0 cm³/mol. The molecule has 0 spiro atoms. The number of phenols is 1. The summed E-state index contributed by atoms with van der Waals surface area (Å²) in [5.74, 6) is 0.496. The van der Waals surface area contributed by atoms with Crippen LogP contribution in [0.3, 0.4) is 0 Å². The van der Waals surface area contributed by atoms with Crippen LogP contribution < -0.4 is 4.74 Å². The van der Waals surface area contributed by atoms with Gasteiger partial charge in [-0.15, -0.1) is 10.2 Å². The topological polar surface area (TPSA) is 72.5 Å². The largest absolute Gasteiger partial charge is 0.503 e. The smallest absolute Gasteiger partial charge is 0.172 e. The van der Waals surface area contributed by atoms with Crippen molar-refractivity contribution >= 4 is 22.1 Å². The molecule has 94 valence electrons. The highest BCUT2D eigenvalue weighted by Gasteiger charge is 2.08. The second-order valence-electron chi connectivity index (χ2n) is 3.37. The highest BCUT2D eigenvalue weighted by Crippen LogP contribution is 2.34. The minimum Gasteiger partial charge on any atom is -0.503 e. The average Bonchev–Trinajstić information content (AvgIpc) is 2.86. The van der Waals surface area contributed by atoms with Crippen LogP contribution in [0.15, 0.2) is 34.4 Å². The number of ether oxygens (including phenoxy) is 1. The Morgan fingerprint density at radius 1 is 1.44 bits per heavy atom. The summed E-state index contributed by atoms with van der Waals surface area (Å²) in [5, 5.41) is 21.2. The van der Waals surface area contributed by atoms with E-state index in [9.17, 15) is 5.11 Å². The first-order chi connectivity index (χ1) is 8.70. The Morgan fingerprint density at radius 2 is 2.17 bits per heavy atom. The Bertz CT molecular complexity index is 554. The van der Waals surface area contributed by atoms with Crippen molar-refractivity contribution in [2.45, 2.75) is 6.92 Å². The zero-order valence-corrected chi connectivity index (χ0v) is 11.2. The van der Waals surface area contributed by atoms with Crippen molar-refractivity contribution in [2.24, 2.45) is 5.10 Å². The van der Waals surface area contributed by atoms with Gasteiger partial charge in [0.25, 0.3) is 0 Å². The highest BCUT2D eigenvalue weighted by atomic mass is 79.9. The number of halogens is 1. The van der Waals surface area contributed by atoms with Gasteiger partial charge in [0.1, 0.15) is 12.7 Å². The zero-order valence-electron chi connectivity index (χ0n) is 9.62. The number of hydrogen-bond acceptors (Lipinski definition) is 5. The standard InChI is InChI=1S/C11H11BrN4O2/c1-2-18-10-4-8(3-9(12)11(10)17)5-15-16-6-13-14-7-16/h3-7,17H,2H2,1H3/b15-5-. The van der Waals surface area contributed by atoms with Crippen LogP contribution in [0.25, 0.3) is 0 Å². The third kappa shape index (κ3) is 2.86. The molecule has 0 saturated carbocycles. The molecule has 0 aliphatic heterocycles. The van der Waals surface area contributed by atoms with Crippen LogP contribution in [0.2, 0.25) is 0 Å². The van der Waals surface area contributed by atoms with E-state index in [2.05, 4.69) is 31.2 Å². The van der Waals surface area contributed by atoms with E-state index >= 15 is 0 Å². The molecule has 1 aromatic carbocycles. The van der Waals surface area contributed by atoms with E-state index in [1.54, 1.807) is 18.3 Å². The monoisotopic (exact) mass is 310 g/mol. The minimum atomic E-state index is 0.0818. The molecule has 18 heavy (non-hydrogen) atoms. The van der Waals surface area contributed by atoms with E-state index in [-0.39, 0.29) is 5.75 Å². The van der Waals surface area contributed by atoms with Gasteiger partial charge in [0, 0.05) is 0 Å². The third-order valence-electron chi connectivity index (χ3n) is 2.10. The molecule has 1 heterocycles. The fraction of sp³-hybridized carbons (Fsp3) is 0.182. The van der Waals surface area contributed by atoms with Gasteiger partial charge in [0.2, 0.25) is 0 Å². The predicted octanol–water partition coefficient (Wildman–Crippen LogP) is 2.03. The molecular formula is C11H11BrN4O2. The van der Waals surface area contributed by atoms with Crippen molar-refractivity contribution in [3.05, 3.63) is 34.8 Å². The van der Waals surface area contributed by atoms with Crippen molar-refractivity contribution in [3.63, 3.8) is 0 Å². The van der Waals surface area contributed by atoms with Gasteiger partial charge >= 0.3 is 0 Å². The first kappa shape index (κ1) is 12.6. The van der Waals surface area contributed by atoms with E-state index < -0.39 is 0 Å². The van der Waals surface area contributed by atoms with Gasteiger partial charge in [-0.2, -0.15) is 5.10 Å². The fourth-order valence-electron chi connectivity index (χ4n) is 1.32. The van der Waals surface area contributed by atoms with Crippen LogP contribution in [0.1, 0.15) is 12.5 Å². The number of nitrogens with zero attached hydrogens (tertiary/aromatic N) is 4. The summed E-state index contributed by atoms with van der Waals surface area (Å²) in [7, 11) is 0. The maximum Gasteiger partial charge on any atom is 0.172 e. The summed E-state index contributed by atoms with van der Waals surface area (Å²) in [6, 6.07) is 3.45. The lowest BCUT2D eigenvalue weighted by molar-refractivity contribution is 0.317. The molecule has 2 rings (SSSR count). The molecule has 0 atom stereocenters. The number of aromatic nitrogens is 3. The summed E-state index contributed by atoms with van der Waals surface area (Å²) in [5.41, 5.74) is 0.789. The number of aromatic hydroxyl groups is 1. The van der Waals surface area contributed by atoms with Gasteiger partial charge in [-0.05, 0) is 40.5 Å². The molecule has 6 nitrogen and oxygen atoms in total. The number of rotatable bonds is 4. The molecule has 0 amide bonds. The summed E-state index contributed by atoms with van der Waals surface area (Å²) in [6.07, 6.45) is 4.58. The molecule has 7 heteroatoms. The van der Waals surface area contributed by atoms with Crippen LogP contribution >= 0.6 is 15.9 Å². The number of hydrogen-bond donors (Lipinski definition) is 1. The molecular weight excluding hydrogens is 300 g/mol. The third-order valence-corrected chi connectivity index (χ3v) is 2.70. The van der Waals surface area contributed by atoms with Gasteiger partial charge in [0.15, 0.2) is 11.5 Å². The molecule has 0 radical (unpaired) electrons. The van der Waals surface area contributed by atoms with Crippen molar-refractivity contribution in [2.75, 3.05) is 6.61 Å². The van der Waals surface area contributed by atoms with E-state index in [0.717, 1.165) is 5.56 Å². The molecule has 0 aliphatic rings. The summed E-state index contributed by atoms with van der Waals surface area (Å²) < 4.78 is 7.35. The fourth-order valence-corrected chi connectivity index (χ4v) is 1.78. The molecule has 0 saturated heterocycles. The van der Waals surface area contributed by atoms with Crippen LogP contribution in [0, 0.1) is 0 Å². The Morgan fingerprint density at radius 3 is 2.83 bits per heavy atom. The van der Waals surface area contributed by atoms with Crippen molar-refractivity contribution in [1.82, 2.24) is 14.9 Å². The van der Waals surface area contributed by atoms with E-state index in [1.807, 2.05) is 6.92 Å². The summed E-state index contributed by atoms with van der Waals surface area (Å²) >= 11 is 3.26. The van der Waals surface area contributed by atoms with Crippen LogP contribution in [0.4, 0.5) is 0 Å². The lowest BCUT2D eigenvalue weighted by Gasteiger charge is -2.08. The quantitative estimate of drug-likeness (QED) is 0.877. The van der Waals surface area contributed by atoms with E-state index in [4.69, 9.17) is 4.74 Å². The Kier molecular flexibility index (Phi) is 3.93. The van der Waals surface area contributed by atoms with Crippen molar-refractivity contribution < 1.29 is 9.84 Å². The van der Waals surface area contributed by atoms with Crippen molar-refractivity contribution in [1.29, 1.82) is 0 Å². The summed E-state index contributed by atoms with van der Waals surface area (Å²) in [6.45, 7) is 2.33. The van der Waals surface area contributed by atoms with Gasteiger partial charge in [-0.3, -0.25) is 0 Å². The summed E-state index contributed by atoms with van der Waals surface area (Å²) in [4.78, 5) is 0. The number of benzene rings is 1. The molecule has 2 aromatic rings. The molecule has 0 unspecified atom stereocenters. The zero-order chi connectivity index (χ0) is 13.0. The molecule has 0 aliphatic carbocycles. The molecule has 1 aromatic heterocycles. The van der Waals surface area contributed by atoms with Crippen LogP contribution in [-0.4, -0.2) is 32.8 Å². The Labute approximate surface area is 112 Å². The van der Waals surface area contributed by atoms with Gasteiger partial charge in [-0.1, -0.05) is 0 Å². The molecule has 0 bridgehead atoms. The first-order valence-corrected chi connectivity index (χ1v) is 6.04. The van der Waals surface area contributed by atoms with E-state index in [1.165, 1.54) is 17.3 Å². The van der Waals surface area contributed by atoms with Gasteiger partial charge in [-0.25, -0.2) is 4.68 Å². The maximum absolute atomic E-state index is 9.76. The van der Waals surface area contributed by atoms with Crippen molar-refractivity contribution in [3.8, 4) is 11.5 Å².